The highest BCUT2D eigenvalue weighted by molar-refractivity contribution is 4.90. The van der Waals surface area contributed by atoms with Crippen LogP contribution in [0.1, 0.15) is 53.4 Å². The molecule has 0 radical (unpaired) electrons. The first kappa shape index (κ1) is 12.3. The molecule has 0 bridgehead atoms. The van der Waals surface area contributed by atoms with E-state index in [0.717, 1.165) is 25.7 Å². The van der Waals surface area contributed by atoms with Gasteiger partial charge in [0.15, 0.2) is 5.79 Å². The number of hydrogen-bond acceptors (Lipinski definition) is 3. The monoisotopic (exact) mass is 228 g/mol. The van der Waals surface area contributed by atoms with Crippen molar-refractivity contribution in [1.29, 1.82) is 0 Å². The number of hydrogen-bond donors (Lipinski definition) is 0. The normalized spacial score (nSPS) is 49.5. The van der Waals surface area contributed by atoms with Crippen LogP contribution in [0, 0.1) is 0 Å². The predicted octanol–water partition coefficient (Wildman–Crippen LogP) is 2.88. The van der Waals surface area contributed by atoms with Gasteiger partial charge in [0.1, 0.15) is 6.10 Å². The smallest absolute Gasteiger partial charge is 0.194 e. The van der Waals surface area contributed by atoms with E-state index in [1.165, 1.54) is 0 Å². The lowest BCUT2D eigenvalue weighted by Crippen LogP contribution is -2.60. The van der Waals surface area contributed by atoms with Gasteiger partial charge in [-0.05, 0) is 40.0 Å². The Morgan fingerprint density at radius 2 is 2.00 bits per heavy atom. The van der Waals surface area contributed by atoms with Crippen molar-refractivity contribution < 1.29 is 14.2 Å². The summed E-state index contributed by atoms with van der Waals surface area (Å²) >= 11 is 0. The van der Waals surface area contributed by atoms with Gasteiger partial charge < -0.3 is 14.2 Å². The van der Waals surface area contributed by atoms with E-state index in [0.29, 0.717) is 6.61 Å². The lowest BCUT2D eigenvalue weighted by atomic mass is 9.94. The van der Waals surface area contributed by atoms with Gasteiger partial charge >= 0.3 is 0 Å². The van der Waals surface area contributed by atoms with Crippen molar-refractivity contribution in [3.05, 3.63) is 0 Å². The first-order chi connectivity index (χ1) is 7.50. The maximum Gasteiger partial charge on any atom is 0.194 e. The molecule has 16 heavy (non-hydrogen) atoms. The summed E-state index contributed by atoms with van der Waals surface area (Å²) in [6, 6.07) is 0. The largest absolute Gasteiger partial charge is 0.364 e. The van der Waals surface area contributed by atoms with Gasteiger partial charge in [-0.1, -0.05) is 6.92 Å². The van der Waals surface area contributed by atoms with Crippen LogP contribution < -0.4 is 0 Å². The highest BCUT2D eigenvalue weighted by Crippen LogP contribution is 2.40. The Labute approximate surface area is 98.4 Å². The minimum atomic E-state index is -0.480. The lowest BCUT2D eigenvalue weighted by molar-refractivity contribution is -0.379. The summed E-state index contributed by atoms with van der Waals surface area (Å²) in [5.74, 6) is -0.480. The highest BCUT2D eigenvalue weighted by atomic mass is 16.7. The van der Waals surface area contributed by atoms with Crippen molar-refractivity contribution in [2.24, 2.45) is 0 Å². The molecular formula is C13H24O3. The molecule has 0 aromatic heterocycles. The van der Waals surface area contributed by atoms with Crippen LogP contribution in [-0.2, 0) is 14.2 Å². The zero-order chi connectivity index (χ0) is 11.8. The topological polar surface area (TPSA) is 27.7 Å². The third-order valence-electron chi connectivity index (χ3n) is 3.99. The fourth-order valence-electron chi connectivity index (χ4n) is 2.63. The van der Waals surface area contributed by atoms with Gasteiger partial charge in [0, 0.05) is 6.42 Å². The molecule has 0 aliphatic carbocycles. The SMILES string of the molecule is CCC1(C)COC2(CCCC(C)O2)C(C)O1. The summed E-state index contributed by atoms with van der Waals surface area (Å²) in [4.78, 5) is 0. The van der Waals surface area contributed by atoms with Crippen LogP contribution in [0.2, 0.25) is 0 Å². The van der Waals surface area contributed by atoms with Crippen molar-refractivity contribution in [2.75, 3.05) is 6.61 Å². The van der Waals surface area contributed by atoms with Crippen molar-refractivity contribution in [3.8, 4) is 0 Å². The summed E-state index contributed by atoms with van der Waals surface area (Å²) in [5, 5.41) is 0. The molecule has 2 heterocycles. The predicted molar refractivity (Wildman–Crippen MR) is 62.3 cm³/mol. The number of ether oxygens (including phenoxy) is 3. The molecule has 0 N–H and O–H groups in total. The Balaban J connectivity index is 2.08. The molecule has 0 aromatic carbocycles. The first-order valence-electron chi connectivity index (χ1n) is 6.49. The first-order valence-corrected chi connectivity index (χ1v) is 6.49. The standard InChI is InChI=1S/C13H24O3/c1-5-12(4)9-14-13(11(3)16-12)8-6-7-10(2)15-13/h10-11H,5-9H2,1-4H3. The second-order valence-corrected chi connectivity index (χ2v) is 5.48. The van der Waals surface area contributed by atoms with Crippen LogP contribution in [-0.4, -0.2) is 30.2 Å². The summed E-state index contributed by atoms with van der Waals surface area (Å²) in [6.45, 7) is 9.08. The van der Waals surface area contributed by atoms with Crippen LogP contribution in [0.25, 0.3) is 0 Å². The molecule has 2 aliphatic rings. The van der Waals surface area contributed by atoms with Gasteiger partial charge in [0.05, 0.1) is 18.3 Å². The molecule has 0 amide bonds. The molecular weight excluding hydrogens is 204 g/mol. The minimum Gasteiger partial charge on any atom is -0.364 e. The van der Waals surface area contributed by atoms with Gasteiger partial charge in [0.2, 0.25) is 0 Å². The van der Waals surface area contributed by atoms with Gasteiger partial charge in [-0.25, -0.2) is 0 Å². The molecule has 2 fully saturated rings. The average molecular weight is 228 g/mol. The molecule has 94 valence electrons. The Bertz CT molecular complexity index is 256. The Morgan fingerprint density at radius 1 is 1.25 bits per heavy atom. The lowest BCUT2D eigenvalue weighted by Gasteiger charge is -2.51. The maximum atomic E-state index is 6.11. The number of rotatable bonds is 1. The van der Waals surface area contributed by atoms with Gasteiger partial charge in [-0.15, -0.1) is 0 Å². The van der Waals surface area contributed by atoms with E-state index < -0.39 is 5.79 Å². The third-order valence-corrected chi connectivity index (χ3v) is 3.99. The molecule has 3 heteroatoms. The van der Waals surface area contributed by atoms with Gasteiger partial charge in [-0.3, -0.25) is 0 Å². The quantitative estimate of drug-likeness (QED) is 0.690. The molecule has 2 rings (SSSR count). The fourth-order valence-corrected chi connectivity index (χ4v) is 2.63. The van der Waals surface area contributed by atoms with Crippen LogP contribution in [0.15, 0.2) is 0 Å². The molecule has 2 aliphatic heterocycles. The van der Waals surface area contributed by atoms with E-state index in [1.54, 1.807) is 0 Å². The molecule has 4 unspecified atom stereocenters. The summed E-state index contributed by atoms with van der Waals surface area (Å²) in [7, 11) is 0. The highest BCUT2D eigenvalue weighted by Gasteiger charge is 2.49. The Kier molecular flexibility index (Phi) is 3.30. The summed E-state index contributed by atoms with van der Waals surface area (Å²) < 4.78 is 18.2. The van der Waals surface area contributed by atoms with E-state index in [2.05, 4.69) is 27.7 Å². The molecule has 2 saturated heterocycles. The van der Waals surface area contributed by atoms with E-state index in [9.17, 15) is 0 Å². The molecule has 0 aromatic rings. The molecule has 1 spiro atoms. The van der Waals surface area contributed by atoms with Crippen LogP contribution in [0.5, 0.6) is 0 Å². The van der Waals surface area contributed by atoms with Crippen molar-refractivity contribution in [3.63, 3.8) is 0 Å². The fraction of sp³-hybridized carbons (Fsp3) is 1.00. The van der Waals surface area contributed by atoms with Crippen LogP contribution >= 0.6 is 0 Å². The summed E-state index contributed by atoms with van der Waals surface area (Å²) in [6.07, 6.45) is 4.53. The molecule has 0 saturated carbocycles. The van der Waals surface area contributed by atoms with Crippen LogP contribution in [0.4, 0.5) is 0 Å². The summed E-state index contributed by atoms with van der Waals surface area (Å²) in [5.41, 5.74) is -0.144. The van der Waals surface area contributed by atoms with Gasteiger partial charge in [-0.2, -0.15) is 0 Å². The van der Waals surface area contributed by atoms with E-state index >= 15 is 0 Å². The minimum absolute atomic E-state index is 0.0222. The second-order valence-electron chi connectivity index (χ2n) is 5.48. The van der Waals surface area contributed by atoms with Crippen LogP contribution in [0.3, 0.4) is 0 Å². The van der Waals surface area contributed by atoms with Crippen molar-refractivity contribution >= 4 is 0 Å². The Hall–Kier alpha value is -0.120. The average Bonchev–Trinajstić information content (AvgIpc) is 2.25. The maximum absolute atomic E-state index is 6.11. The van der Waals surface area contributed by atoms with Crippen molar-refractivity contribution in [2.45, 2.75) is 77.0 Å². The van der Waals surface area contributed by atoms with Crippen molar-refractivity contribution in [1.82, 2.24) is 0 Å². The molecule has 4 atom stereocenters. The second kappa shape index (κ2) is 4.28. The Morgan fingerprint density at radius 3 is 2.56 bits per heavy atom. The van der Waals surface area contributed by atoms with E-state index in [1.807, 2.05) is 0 Å². The van der Waals surface area contributed by atoms with Gasteiger partial charge in [0.25, 0.3) is 0 Å². The molecule has 3 nitrogen and oxygen atoms in total. The zero-order valence-corrected chi connectivity index (χ0v) is 10.9. The van der Waals surface area contributed by atoms with E-state index in [4.69, 9.17) is 14.2 Å². The zero-order valence-electron chi connectivity index (χ0n) is 10.9. The third kappa shape index (κ3) is 2.13. The van der Waals surface area contributed by atoms with E-state index in [-0.39, 0.29) is 17.8 Å².